The monoisotopic (exact) mass is 566 g/mol. The van der Waals surface area contributed by atoms with Gasteiger partial charge in [-0.15, -0.1) is 10.2 Å². The molecule has 1 fully saturated rings. The zero-order valence-corrected chi connectivity index (χ0v) is 24.1. The summed E-state index contributed by atoms with van der Waals surface area (Å²) in [6.45, 7) is 3.83. The van der Waals surface area contributed by atoms with Crippen molar-refractivity contribution in [3.63, 3.8) is 0 Å². The van der Waals surface area contributed by atoms with E-state index in [2.05, 4.69) is 62.1 Å². The molecule has 0 saturated carbocycles. The van der Waals surface area contributed by atoms with Crippen LogP contribution in [0.1, 0.15) is 24.8 Å². The van der Waals surface area contributed by atoms with Crippen LogP contribution in [0.15, 0.2) is 84.0 Å². The molecule has 1 amide bonds. The van der Waals surface area contributed by atoms with Crippen molar-refractivity contribution in [2.75, 3.05) is 43.9 Å². The third-order valence-electron chi connectivity index (χ3n) is 7.61. The number of unbranched alkanes of at least 4 members (excludes halogenated alkanes) is 1. The Bertz CT molecular complexity index is 1630. The Balaban J connectivity index is 1.02. The molecule has 0 radical (unpaired) electrons. The summed E-state index contributed by atoms with van der Waals surface area (Å²) in [5, 5.41) is 10.7. The Labute approximate surface area is 244 Å². The topological polar surface area (TPSA) is 76.4 Å². The summed E-state index contributed by atoms with van der Waals surface area (Å²) in [6, 6.07) is 26.8. The number of carbonyl (C=O) groups excluding carboxylic acids is 1. The van der Waals surface area contributed by atoms with Gasteiger partial charge in [-0.2, -0.15) is 0 Å². The van der Waals surface area contributed by atoms with E-state index in [9.17, 15) is 4.79 Å². The minimum absolute atomic E-state index is 0.236. The van der Waals surface area contributed by atoms with Crippen LogP contribution < -0.4 is 9.64 Å². The largest absolute Gasteiger partial charge is 0.495 e. The van der Waals surface area contributed by atoms with Crippen LogP contribution in [0.25, 0.3) is 22.1 Å². The number of carbonyl (C=O) groups is 1. The SMILES string of the molecule is COc1ccccc1N1CCN(C(=O)CCCCSc2nnc3c4ccccc4n(Cc4ccccc4)c3n2)CC1. The molecule has 0 bridgehead atoms. The highest BCUT2D eigenvalue weighted by molar-refractivity contribution is 7.99. The Morgan fingerprint density at radius 1 is 0.878 bits per heavy atom. The fraction of sp³-hybridized carbons (Fsp3) is 0.312. The van der Waals surface area contributed by atoms with Crippen LogP contribution in [-0.2, 0) is 11.3 Å². The van der Waals surface area contributed by atoms with E-state index in [1.54, 1.807) is 18.9 Å². The van der Waals surface area contributed by atoms with E-state index in [0.717, 1.165) is 84.8 Å². The van der Waals surface area contributed by atoms with Crippen molar-refractivity contribution in [3.8, 4) is 5.75 Å². The Morgan fingerprint density at radius 2 is 1.63 bits per heavy atom. The number of amides is 1. The summed E-state index contributed by atoms with van der Waals surface area (Å²) in [5.74, 6) is 1.96. The van der Waals surface area contributed by atoms with E-state index in [4.69, 9.17) is 9.72 Å². The Hall–Kier alpha value is -4.11. The Morgan fingerprint density at radius 3 is 2.46 bits per heavy atom. The van der Waals surface area contributed by atoms with Crippen molar-refractivity contribution >= 4 is 45.4 Å². The molecule has 210 valence electrons. The summed E-state index contributed by atoms with van der Waals surface area (Å²) >= 11 is 1.61. The average Bonchev–Trinajstić information content (AvgIpc) is 3.34. The summed E-state index contributed by atoms with van der Waals surface area (Å²) in [7, 11) is 1.70. The van der Waals surface area contributed by atoms with E-state index >= 15 is 0 Å². The lowest BCUT2D eigenvalue weighted by atomic mass is 10.2. The number of piperazine rings is 1. The van der Waals surface area contributed by atoms with Crippen molar-refractivity contribution in [3.05, 3.63) is 84.4 Å². The number of rotatable bonds is 10. The van der Waals surface area contributed by atoms with Gasteiger partial charge >= 0.3 is 0 Å². The maximum atomic E-state index is 12.9. The van der Waals surface area contributed by atoms with Crippen LogP contribution in [0.5, 0.6) is 5.75 Å². The second-order valence-corrected chi connectivity index (χ2v) is 11.3. The first kappa shape index (κ1) is 27.1. The normalized spacial score (nSPS) is 13.7. The second-order valence-electron chi connectivity index (χ2n) is 10.2. The van der Waals surface area contributed by atoms with Gasteiger partial charge in [0, 0.05) is 50.3 Å². The second kappa shape index (κ2) is 12.6. The van der Waals surface area contributed by atoms with E-state index < -0.39 is 0 Å². The molecule has 2 aromatic heterocycles. The van der Waals surface area contributed by atoms with Crippen molar-refractivity contribution < 1.29 is 9.53 Å². The molecule has 3 heterocycles. The molecule has 0 spiro atoms. The first-order valence-electron chi connectivity index (χ1n) is 14.2. The maximum Gasteiger partial charge on any atom is 0.222 e. The fourth-order valence-corrected chi connectivity index (χ4v) is 6.24. The average molecular weight is 567 g/mol. The van der Waals surface area contributed by atoms with Crippen molar-refractivity contribution in [2.45, 2.75) is 31.0 Å². The van der Waals surface area contributed by atoms with E-state index in [1.165, 1.54) is 5.56 Å². The number of hydrogen-bond acceptors (Lipinski definition) is 7. The molecule has 41 heavy (non-hydrogen) atoms. The van der Waals surface area contributed by atoms with E-state index in [1.807, 2.05) is 41.3 Å². The van der Waals surface area contributed by atoms with Gasteiger partial charge in [-0.05, 0) is 36.6 Å². The molecule has 1 aliphatic heterocycles. The highest BCUT2D eigenvalue weighted by atomic mass is 32.2. The number of fused-ring (bicyclic) bond motifs is 3. The van der Waals surface area contributed by atoms with Crippen LogP contribution in [-0.4, -0.2) is 69.6 Å². The smallest absolute Gasteiger partial charge is 0.222 e. The number of ether oxygens (including phenoxy) is 1. The molecule has 1 aliphatic rings. The molecular formula is C32H34N6O2S. The van der Waals surface area contributed by atoms with E-state index in [0.29, 0.717) is 11.6 Å². The van der Waals surface area contributed by atoms with Crippen LogP contribution in [0, 0.1) is 0 Å². The standard InChI is InChI=1S/C32H34N6O2S/c1-40-28-16-8-7-15-27(28)36-18-20-37(21-19-36)29(39)17-9-10-22-41-32-33-31-30(34-35-32)25-13-5-6-14-26(25)38(31)23-24-11-3-2-4-12-24/h2-8,11-16H,9-10,17-23H2,1H3. The summed E-state index contributed by atoms with van der Waals surface area (Å²) < 4.78 is 7.73. The van der Waals surface area contributed by atoms with Gasteiger partial charge in [-0.3, -0.25) is 4.79 Å². The number of nitrogens with zero attached hydrogens (tertiary/aromatic N) is 6. The summed E-state index contributed by atoms with van der Waals surface area (Å²) in [4.78, 5) is 22.1. The molecule has 1 saturated heterocycles. The number of benzene rings is 3. The quantitative estimate of drug-likeness (QED) is 0.160. The summed E-state index contributed by atoms with van der Waals surface area (Å²) in [6.07, 6.45) is 2.34. The molecule has 0 unspecified atom stereocenters. The lowest BCUT2D eigenvalue weighted by Gasteiger charge is -2.36. The zero-order valence-electron chi connectivity index (χ0n) is 23.3. The lowest BCUT2D eigenvalue weighted by Crippen LogP contribution is -2.48. The van der Waals surface area contributed by atoms with E-state index in [-0.39, 0.29) is 5.91 Å². The molecule has 8 nitrogen and oxygen atoms in total. The van der Waals surface area contributed by atoms with Crippen LogP contribution in [0.4, 0.5) is 5.69 Å². The lowest BCUT2D eigenvalue weighted by molar-refractivity contribution is -0.131. The first-order valence-corrected chi connectivity index (χ1v) is 15.1. The molecule has 0 atom stereocenters. The number of hydrogen-bond donors (Lipinski definition) is 0. The van der Waals surface area contributed by atoms with Gasteiger partial charge in [0.1, 0.15) is 11.3 Å². The van der Waals surface area contributed by atoms with Gasteiger partial charge in [-0.25, -0.2) is 4.98 Å². The predicted octanol–water partition coefficient (Wildman–Crippen LogP) is 5.65. The van der Waals surface area contributed by atoms with Crippen LogP contribution >= 0.6 is 11.8 Å². The summed E-state index contributed by atoms with van der Waals surface area (Å²) in [5.41, 5.74) is 5.10. The van der Waals surface area contributed by atoms with Crippen molar-refractivity contribution in [2.24, 2.45) is 0 Å². The van der Waals surface area contributed by atoms with Crippen LogP contribution in [0.3, 0.4) is 0 Å². The Kier molecular flexibility index (Phi) is 8.32. The van der Waals surface area contributed by atoms with Gasteiger partial charge in [0.05, 0.1) is 18.3 Å². The third-order valence-corrected chi connectivity index (χ3v) is 8.54. The number of anilines is 1. The number of methoxy groups -OCH3 is 1. The number of thioether (sulfide) groups is 1. The molecule has 3 aromatic carbocycles. The zero-order chi connectivity index (χ0) is 28.0. The first-order chi connectivity index (χ1) is 20.2. The van der Waals surface area contributed by atoms with Gasteiger partial charge in [0.25, 0.3) is 0 Å². The van der Waals surface area contributed by atoms with Gasteiger partial charge in [0.2, 0.25) is 11.1 Å². The fourth-order valence-electron chi connectivity index (χ4n) is 5.46. The van der Waals surface area contributed by atoms with Crippen molar-refractivity contribution in [1.82, 2.24) is 24.6 Å². The molecule has 9 heteroatoms. The molecule has 6 rings (SSSR count). The van der Waals surface area contributed by atoms with Gasteiger partial charge in [-0.1, -0.05) is 72.4 Å². The van der Waals surface area contributed by atoms with Gasteiger partial charge in [0.15, 0.2) is 5.65 Å². The molecule has 5 aromatic rings. The minimum Gasteiger partial charge on any atom is -0.495 e. The highest BCUT2D eigenvalue weighted by Crippen LogP contribution is 2.29. The third kappa shape index (κ3) is 6.00. The molecule has 0 N–H and O–H groups in total. The van der Waals surface area contributed by atoms with Crippen molar-refractivity contribution in [1.29, 1.82) is 0 Å². The highest BCUT2D eigenvalue weighted by Gasteiger charge is 2.22. The molecular weight excluding hydrogens is 532 g/mol. The number of para-hydroxylation sites is 3. The van der Waals surface area contributed by atoms with Gasteiger partial charge < -0.3 is 19.1 Å². The van der Waals surface area contributed by atoms with Crippen LogP contribution in [0.2, 0.25) is 0 Å². The molecule has 0 aliphatic carbocycles. The predicted molar refractivity (Wildman–Crippen MR) is 165 cm³/mol. The maximum absolute atomic E-state index is 12.9. The minimum atomic E-state index is 0.236. The number of aromatic nitrogens is 4.